The maximum Gasteiger partial charge on any atom is 0.490 e. The smallest absolute Gasteiger partial charge is 0.486 e. The average molecular weight is 648 g/mol. The summed E-state index contributed by atoms with van der Waals surface area (Å²) in [6.45, 7) is 3.63. The van der Waals surface area contributed by atoms with Gasteiger partial charge < -0.3 is 20.3 Å². The van der Waals surface area contributed by atoms with Crippen molar-refractivity contribution in [3.63, 3.8) is 0 Å². The molecule has 244 valence electrons. The zero-order chi connectivity index (χ0) is 34.1. The molecular weight excluding hydrogens is 617 g/mol. The van der Waals surface area contributed by atoms with Gasteiger partial charge in [0.25, 0.3) is 5.91 Å². The molecule has 0 saturated heterocycles. The van der Waals surface area contributed by atoms with Gasteiger partial charge in [0.05, 0.1) is 16.7 Å². The number of carbonyl (C=O) groups is 3. The van der Waals surface area contributed by atoms with Crippen LogP contribution in [0.4, 0.5) is 26.7 Å². The molecule has 1 aromatic heterocycles. The number of hydrogen-bond acceptors (Lipinski definition) is 5. The van der Waals surface area contributed by atoms with E-state index in [1.807, 2.05) is 37.3 Å². The lowest BCUT2D eigenvalue weighted by Crippen LogP contribution is -2.55. The number of nitrogens with one attached hydrogen (secondary N) is 1. The van der Waals surface area contributed by atoms with Gasteiger partial charge in [0.15, 0.2) is 0 Å². The molecule has 3 N–H and O–H groups in total. The normalized spacial score (nSPS) is 12.3. The van der Waals surface area contributed by atoms with E-state index in [1.54, 1.807) is 31.2 Å². The number of alkyl halides is 3. The largest absolute Gasteiger partial charge is 0.490 e. The number of hydrogen-bond donors (Lipinski definition) is 3. The Morgan fingerprint density at radius 2 is 1.54 bits per heavy atom. The van der Waals surface area contributed by atoms with E-state index in [9.17, 15) is 36.6 Å². The fraction of sp³-hybridized carbons (Fsp3) is 0.250. The first-order chi connectivity index (χ1) is 21.7. The van der Waals surface area contributed by atoms with Gasteiger partial charge in [0.2, 0.25) is 0 Å². The lowest BCUT2D eigenvalue weighted by molar-refractivity contribution is -0.192. The number of carbonyl (C=O) groups excluding carboxylic acids is 1. The Kier molecular flexibility index (Phi) is 11.6. The molecule has 0 radical (unpaired) electrons. The molecule has 1 atom stereocenters. The molecule has 4 rings (SSSR count). The number of ether oxygens (including phenoxy) is 1. The molecule has 0 saturated carbocycles. The molecule has 4 aromatic rings. The highest BCUT2D eigenvalue weighted by Crippen LogP contribution is 2.27. The van der Waals surface area contributed by atoms with Crippen molar-refractivity contribution in [2.45, 2.75) is 45.1 Å². The zero-order valence-electron chi connectivity index (χ0n) is 24.6. The monoisotopic (exact) mass is 647 g/mol. The van der Waals surface area contributed by atoms with E-state index < -0.39 is 41.3 Å². The molecule has 46 heavy (non-hydrogen) atoms. The molecular formula is C32H30F5N3O6. The summed E-state index contributed by atoms with van der Waals surface area (Å²) in [5.41, 5.74) is 0.518. The van der Waals surface area contributed by atoms with E-state index in [0.717, 1.165) is 17.7 Å². The van der Waals surface area contributed by atoms with Gasteiger partial charge in [0, 0.05) is 24.7 Å². The standard InChI is InChI=1S/C30H29F2N3O4.C2HF3O2/c1-3-30(2,35(29(37)38)17-20-9-5-4-6-10-20)19-34-28(36)22-15-21-11-7-14-26(27(21)33-16-22)39-18-23-24(31)12-8-13-25(23)32;3-2(4,5)1(6)7/h4-16H,3,17-19H2,1-2H3,(H,34,36)(H,37,38);(H,6,7)/t30-;/m0./s1. The van der Waals surface area contributed by atoms with E-state index in [4.69, 9.17) is 14.6 Å². The minimum Gasteiger partial charge on any atom is -0.486 e. The quantitative estimate of drug-likeness (QED) is 0.162. The number of para-hydroxylation sites is 1. The number of nitrogens with zero attached hydrogens (tertiary/aromatic N) is 2. The number of amides is 2. The van der Waals surface area contributed by atoms with E-state index in [1.165, 1.54) is 17.2 Å². The molecule has 9 nitrogen and oxygen atoms in total. The fourth-order valence-electron chi connectivity index (χ4n) is 4.23. The second-order valence-corrected chi connectivity index (χ2v) is 10.2. The summed E-state index contributed by atoms with van der Waals surface area (Å²) in [5, 5.41) is 20.5. The predicted octanol–water partition coefficient (Wildman–Crippen LogP) is 6.80. The first-order valence-electron chi connectivity index (χ1n) is 13.7. The number of fused-ring (bicyclic) bond motifs is 1. The van der Waals surface area contributed by atoms with Crippen LogP contribution in [0.5, 0.6) is 5.75 Å². The third kappa shape index (κ3) is 9.13. The van der Waals surface area contributed by atoms with Crippen LogP contribution in [-0.2, 0) is 17.9 Å². The van der Waals surface area contributed by atoms with Crippen LogP contribution in [0.15, 0.2) is 79.0 Å². The van der Waals surface area contributed by atoms with Gasteiger partial charge in [-0.05, 0) is 43.2 Å². The van der Waals surface area contributed by atoms with Crippen LogP contribution in [0.2, 0.25) is 0 Å². The maximum absolute atomic E-state index is 14.0. The van der Waals surface area contributed by atoms with Crippen molar-refractivity contribution < 1.29 is 51.3 Å². The van der Waals surface area contributed by atoms with Gasteiger partial charge in [-0.25, -0.2) is 18.4 Å². The number of carboxylic acids is 1. The van der Waals surface area contributed by atoms with Crippen LogP contribution in [-0.4, -0.2) is 56.3 Å². The lowest BCUT2D eigenvalue weighted by Gasteiger charge is -2.39. The van der Waals surface area contributed by atoms with Crippen molar-refractivity contribution in [1.29, 1.82) is 0 Å². The summed E-state index contributed by atoms with van der Waals surface area (Å²) in [7, 11) is 0. The summed E-state index contributed by atoms with van der Waals surface area (Å²) in [5.74, 6) is -4.25. The Morgan fingerprint density at radius 3 is 2.11 bits per heavy atom. The van der Waals surface area contributed by atoms with Crippen LogP contribution in [0.1, 0.15) is 41.8 Å². The lowest BCUT2D eigenvalue weighted by atomic mass is 9.95. The van der Waals surface area contributed by atoms with Crippen molar-refractivity contribution in [3.8, 4) is 5.75 Å². The number of rotatable bonds is 10. The summed E-state index contributed by atoms with van der Waals surface area (Å²) < 4.78 is 65.4. The minimum atomic E-state index is -5.08. The molecule has 0 bridgehead atoms. The van der Waals surface area contributed by atoms with E-state index in [-0.39, 0.29) is 30.8 Å². The van der Waals surface area contributed by atoms with Gasteiger partial charge >= 0.3 is 18.2 Å². The summed E-state index contributed by atoms with van der Waals surface area (Å²) >= 11 is 0. The molecule has 1 heterocycles. The number of carboxylic acid groups (broad SMARTS) is 2. The van der Waals surface area contributed by atoms with Gasteiger partial charge in [0.1, 0.15) is 29.5 Å². The average Bonchev–Trinajstić information content (AvgIpc) is 3.02. The van der Waals surface area contributed by atoms with Gasteiger partial charge in [-0.3, -0.25) is 14.7 Å². The van der Waals surface area contributed by atoms with Crippen LogP contribution in [0.25, 0.3) is 10.9 Å². The second kappa shape index (κ2) is 15.1. The second-order valence-electron chi connectivity index (χ2n) is 10.2. The Bertz CT molecular complexity index is 1670. The topological polar surface area (TPSA) is 129 Å². The summed E-state index contributed by atoms with van der Waals surface area (Å²) in [6.07, 6.45) is -4.30. The molecule has 0 aliphatic rings. The van der Waals surface area contributed by atoms with Crippen molar-refractivity contribution >= 4 is 28.9 Å². The van der Waals surface area contributed by atoms with Gasteiger partial charge in [-0.1, -0.05) is 55.5 Å². The number of aromatic nitrogens is 1. The summed E-state index contributed by atoms with van der Waals surface area (Å²) in [4.78, 5) is 39.8. The van der Waals surface area contributed by atoms with Crippen molar-refractivity contribution in [2.75, 3.05) is 6.54 Å². The number of halogens is 5. The summed E-state index contributed by atoms with van der Waals surface area (Å²) in [6, 6.07) is 19.6. The van der Waals surface area contributed by atoms with E-state index in [0.29, 0.717) is 23.1 Å². The van der Waals surface area contributed by atoms with Crippen molar-refractivity contribution in [1.82, 2.24) is 15.2 Å². The first kappa shape index (κ1) is 35.2. The Hall–Kier alpha value is -5.27. The van der Waals surface area contributed by atoms with Crippen molar-refractivity contribution in [3.05, 3.63) is 107 Å². The van der Waals surface area contributed by atoms with Gasteiger partial charge in [-0.2, -0.15) is 13.2 Å². The van der Waals surface area contributed by atoms with Gasteiger partial charge in [-0.15, -0.1) is 0 Å². The first-order valence-corrected chi connectivity index (χ1v) is 13.7. The maximum atomic E-state index is 14.0. The highest BCUT2D eigenvalue weighted by Gasteiger charge is 2.38. The Morgan fingerprint density at radius 1 is 0.935 bits per heavy atom. The fourth-order valence-corrected chi connectivity index (χ4v) is 4.23. The van der Waals surface area contributed by atoms with Crippen LogP contribution < -0.4 is 10.1 Å². The highest BCUT2D eigenvalue weighted by molar-refractivity contribution is 5.98. The number of benzene rings is 3. The minimum absolute atomic E-state index is 0.0941. The van der Waals surface area contributed by atoms with Crippen LogP contribution in [0, 0.1) is 11.6 Å². The molecule has 14 heteroatoms. The van der Waals surface area contributed by atoms with Crippen LogP contribution >= 0.6 is 0 Å². The molecule has 3 aromatic carbocycles. The third-order valence-corrected chi connectivity index (χ3v) is 7.07. The van der Waals surface area contributed by atoms with E-state index in [2.05, 4.69) is 10.3 Å². The molecule has 2 amide bonds. The molecule has 0 unspecified atom stereocenters. The molecule has 0 aliphatic heterocycles. The molecule has 0 spiro atoms. The highest BCUT2D eigenvalue weighted by atomic mass is 19.4. The SMILES string of the molecule is CC[C@@](C)(CNC(=O)c1cnc2c(OCc3c(F)cccc3F)cccc2c1)N(Cc1ccccc1)C(=O)O.O=C(O)C(F)(F)F. The molecule has 0 aliphatic carbocycles. The molecule has 0 fully saturated rings. The van der Waals surface area contributed by atoms with Crippen LogP contribution in [0.3, 0.4) is 0 Å². The predicted molar refractivity (Wildman–Crippen MR) is 157 cm³/mol. The Balaban J connectivity index is 0.000000738. The van der Waals surface area contributed by atoms with E-state index >= 15 is 0 Å². The van der Waals surface area contributed by atoms with Crippen molar-refractivity contribution in [2.24, 2.45) is 0 Å². The number of aliphatic carboxylic acids is 1. The zero-order valence-corrected chi connectivity index (χ0v) is 24.6. The third-order valence-electron chi connectivity index (χ3n) is 7.07. The Labute approximate surface area is 260 Å². The number of pyridine rings is 1.